The number of hydrogen-bond acceptors (Lipinski definition) is 2. The van der Waals surface area contributed by atoms with Crippen molar-refractivity contribution in [2.24, 2.45) is 0 Å². The third-order valence-electron chi connectivity index (χ3n) is 11.5. The first-order valence-corrected chi connectivity index (χ1v) is 19.0. The van der Waals surface area contributed by atoms with E-state index in [-0.39, 0.29) is 5.41 Å². The van der Waals surface area contributed by atoms with Crippen LogP contribution in [-0.2, 0) is 5.41 Å². The predicted molar refractivity (Wildman–Crippen MR) is 221 cm³/mol. The third kappa shape index (κ3) is 4.53. The van der Waals surface area contributed by atoms with E-state index < -0.39 is 0 Å². The van der Waals surface area contributed by atoms with Gasteiger partial charge in [-0.05, 0) is 99.5 Å². The lowest BCUT2D eigenvalue weighted by Crippen LogP contribution is -2.23. The van der Waals surface area contributed by atoms with Gasteiger partial charge in [0, 0.05) is 47.7 Å². The zero-order valence-corrected chi connectivity index (χ0v) is 29.7. The molecule has 0 saturated carbocycles. The molecule has 8 aromatic carbocycles. The predicted octanol–water partition coefficient (Wildman–Crippen LogP) is 14.6. The molecule has 0 unspecified atom stereocenters. The van der Waals surface area contributed by atoms with Gasteiger partial charge in [0.15, 0.2) is 0 Å². The highest BCUT2D eigenvalue weighted by molar-refractivity contribution is 7.26. The second kappa shape index (κ2) is 11.7. The molecule has 0 radical (unpaired) electrons. The lowest BCUT2D eigenvalue weighted by Gasteiger charge is -2.32. The van der Waals surface area contributed by atoms with Crippen LogP contribution in [0.15, 0.2) is 164 Å². The van der Waals surface area contributed by atoms with Crippen LogP contribution >= 0.6 is 11.3 Å². The van der Waals surface area contributed by atoms with Gasteiger partial charge in [-0.2, -0.15) is 0 Å². The van der Waals surface area contributed by atoms with Crippen LogP contribution in [0.3, 0.4) is 0 Å². The van der Waals surface area contributed by atoms with Gasteiger partial charge >= 0.3 is 0 Å². The summed E-state index contributed by atoms with van der Waals surface area (Å²) in [7, 11) is 0. The Bertz CT molecular complexity index is 2780. The molecular formula is C49H37NS. The van der Waals surface area contributed by atoms with E-state index in [1.54, 1.807) is 0 Å². The van der Waals surface area contributed by atoms with Gasteiger partial charge in [-0.25, -0.2) is 0 Å². The van der Waals surface area contributed by atoms with Gasteiger partial charge in [-0.15, -0.1) is 11.3 Å². The highest BCUT2D eigenvalue weighted by Gasteiger charge is 2.40. The number of anilines is 3. The summed E-state index contributed by atoms with van der Waals surface area (Å²) in [6.07, 6.45) is 2.13. The fraction of sp³-hybridized carbons (Fsp3) is 0.102. The standard InChI is InChI=1S/C49H37NS/c1-3-49(4-2)44-17-9-7-14-38(44)39-27-26-37(31-45(39)49)50(36-24-22-33(23-25-36)35-21-20-32-12-5-6-13-34(32)30-35)46-18-11-16-42-40(46)28-29-43-41-15-8-10-19-47(41)51-48(42)43/h5-31H,3-4H2,1-2H3. The molecule has 1 nitrogen and oxygen atoms in total. The van der Waals surface area contributed by atoms with Crippen LogP contribution in [0.5, 0.6) is 0 Å². The molecule has 0 aliphatic heterocycles. The van der Waals surface area contributed by atoms with Crippen molar-refractivity contribution in [1.82, 2.24) is 0 Å². The minimum Gasteiger partial charge on any atom is -0.310 e. The number of thiophene rings is 1. The quantitative estimate of drug-likeness (QED) is 0.170. The molecule has 1 aliphatic carbocycles. The normalized spacial score (nSPS) is 13.2. The average Bonchev–Trinajstić information content (AvgIpc) is 3.72. The van der Waals surface area contributed by atoms with Crippen LogP contribution in [0.25, 0.3) is 64.0 Å². The fourth-order valence-electron chi connectivity index (χ4n) is 8.91. The molecule has 1 aromatic heterocycles. The summed E-state index contributed by atoms with van der Waals surface area (Å²) in [6.45, 7) is 4.71. The van der Waals surface area contributed by atoms with Gasteiger partial charge in [0.05, 0.1) is 5.69 Å². The highest BCUT2D eigenvalue weighted by Crippen LogP contribution is 2.54. The molecule has 1 aliphatic rings. The van der Waals surface area contributed by atoms with E-state index in [4.69, 9.17) is 0 Å². The number of hydrogen-bond donors (Lipinski definition) is 0. The molecule has 0 saturated heterocycles. The van der Waals surface area contributed by atoms with E-state index in [1.165, 1.54) is 86.5 Å². The molecule has 0 amide bonds. The van der Waals surface area contributed by atoms with Crippen LogP contribution in [0.4, 0.5) is 17.1 Å². The largest absolute Gasteiger partial charge is 0.310 e. The van der Waals surface area contributed by atoms with Crippen molar-refractivity contribution in [3.63, 3.8) is 0 Å². The van der Waals surface area contributed by atoms with Gasteiger partial charge in [-0.1, -0.05) is 135 Å². The Hall–Kier alpha value is -5.70. The Labute approximate surface area is 303 Å². The molecular weight excluding hydrogens is 635 g/mol. The maximum Gasteiger partial charge on any atom is 0.0540 e. The SMILES string of the molecule is CCC1(CC)c2ccccc2-c2ccc(N(c3ccc(-c4ccc5ccccc5c4)cc3)c3cccc4c3ccc3c5ccccc5sc43)cc21. The lowest BCUT2D eigenvalue weighted by molar-refractivity contribution is 0.490. The molecule has 0 atom stereocenters. The van der Waals surface area contributed by atoms with E-state index in [9.17, 15) is 0 Å². The van der Waals surface area contributed by atoms with E-state index in [2.05, 4.69) is 183 Å². The van der Waals surface area contributed by atoms with Crippen LogP contribution in [0, 0.1) is 0 Å². The van der Waals surface area contributed by atoms with Crippen LogP contribution in [0.2, 0.25) is 0 Å². The Morgan fingerprint density at radius 3 is 2.00 bits per heavy atom. The summed E-state index contributed by atoms with van der Waals surface area (Å²) < 4.78 is 2.68. The minimum absolute atomic E-state index is 0.00442. The summed E-state index contributed by atoms with van der Waals surface area (Å²) >= 11 is 1.90. The Morgan fingerprint density at radius 1 is 0.471 bits per heavy atom. The molecule has 2 heteroatoms. The summed E-state index contributed by atoms with van der Waals surface area (Å²) in [4.78, 5) is 2.49. The van der Waals surface area contributed by atoms with E-state index in [1.807, 2.05) is 11.3 Å². The summed E-state index contributed by atoms with van der Waals surface area (Å²) in [5, 5.41) is 7.75. The average molecular weight is 672 g/mol. The molecule has 0 N–H and O–H groups in total. The van der Waals surface area contributed by atoms with Gasteiger partial charge in [0.25, 0.3) is 0 Å². The van der Waals surface area contributed by atoms with Crippen molar-refractivity contribution in [2.45, 2.75) is 32.1 Å². The van der Waals surface area contributed by atoms with Crippen molar-refractivity contribution < 1.29 is 0 Å². The Morgan fingerprint density at radius 2 is 1.14 bits per heavy atom. The first-order valence-electron chi connectivity index (χ1n) is 18.1. The fourth-order valence-corrected chi connectivity index (χ4v) is 10.1. The molecule has 1 heterocycles. The molecule has 10 rings (SSSR count). The minimum atomic E-state index is -0.00442. The van der Waals surface area contributed by atoms with E-state index in [0.717, 1.165) is 18.5 Å². The smallest absolute Gasteiger partial charge is 0.0540 e. The van der Waals surface area contributed by atoms with Crippen molar-refractivity contribution in [1.29, 1.82) is 0 Å². The maximum absolute atomic E-state index is 2.50. The molecule has 9 aromatic rings. The van der Waals surface area contributed by atoms with E-state index in [0.29, 0.717) is 0 Å². The molecule has 244 valence electrons. The topological polar surface area (TPSA) is 3.24 Å². The van der Waals surface area contributed by atoms with Crippen molar-refractivity contribution in [2.75, 3.05) is 4.90 Å². The summed E-state index contributed by atoms with van der Waals surface area (Å²) in [6, 6.07) is 61.1. The van der Waals surface area contributed by atoms with Gasteiger partial charge in [0.2, 0.25) is 0 Å². The Kier molecular flexibility index (Phi) is 6.91. The van der Waals surface area contributed by atoms with Crippen LogP contribution in [-0.4, -0.2) is 0 Å². The first kappa shape index (κ1) is 30.2. The number of benzene rings is 8. The summed E-state index contributed by atoms with van der Waals surface area (Å²) in [5.74, 6) is 0. The molecule has 0 fully saturated rings. The Balaban J connectivity index is 1.18. The molecule has 0 spiro atoms. The molecule has 0 bridgehead atoms. The van der Waals surface area contributed by atoms with Gasteiger partial charge in [-0.3, -0.25) is 0 Å². The van der Waals surface area contributed by atoms with Crippen LogP contribution < -0.4 is 4.90 Å². The molecule has 51 heavy (non-hydrogen) atoms. The highest BCUT2D eigenvalue weighted by atomic mass is 32.1. The van der Waals surface area contributed by atoms with Crippen molar-refractivity contribution >= 4 is 70.1 Å². The van der Waals surface area contributed by atoms with Gasteiger partial charge in [0.1, 0.15) is 0 Å². The van der Waals surface area contributed by atoms with Crippen molar-refractivity contribution in [3.8, 4) is 22.3 Å². The zero-order chi connectivity index (χ0) is 34.1. The third-order valence-corrected chi connectivity index (χ3v) is 12.8. The summed E-state index contributed by atoms with van der Waals surface area (Å²) in [5.41, 5.74) is 11.6. The monoisotopic (exact) mass is 671 g/mol. The number of rotatable bonds is 6. The van der Waals surface area contributed by atoms with Crippen molar-refractivity contribution in [3.05, 3.63) is 175 Å². The zero-order valence-electron chi connectivity index (χ0n) is 28.9. The van der Waals surface area contributed by atoms with Crippen LogP contribution in [0.1, 0.15) is 37.8 Å². The second-order valence-electron chi connectivity index (χ2n) is 13.9. The van der Waals surface area contributed by atoms with E-state index >= 15 is 0 Å². The maximum atomic E-state index is 2.50. The van der Waals surface area contributed by atoms with Gasteiger partial charge < -0.3 is 4.90 Å². The first-order chi connectivity index (χ1) is 25.2. The second-order valence-corrected chi connectivity index (χ2v) is 15.0. The lowest BCUT2D eigenvalue weighted by atomic mass is 9.74. The number of nitrogens with zero attached hydrogens (tertiary/aromatic N) is 1. The number of fused-ring (bicyclic) bond motifs is 9.